The van der Waals surface area contributed by atoms with Crippen LogP contribution in [-0.2, 0) is 16.8 Å². The van der Waals surface area contributed by atoms with Crippen LogP contribution in [0.5, 0.6) is 11.5 Å². The fourth-order valence-electron chi connectivity index (χ4n) is 4.22. The van der Waals surface area contributed by atoms with Gasteiger partial charge in [-0.3, -0.25) is 4.79 Å². The monoisotopic (exact) mass is 422 g/mol. The van der Waals surface area contributed by atoms with E-state index in [9.17, 15) is 23.1 Å². The van der Waals surface area contributed by atoms with Crippen molar-refractivity contribution in [1.82, 2.24) is 0 Å². The summed E-state index contributed by atoms with van der Waals surface area (Å²) in [6.45, 7) is 1.05. The number of rotatable bonds is 5. The first-order chi connectivity index (χ1) is 14.1. The van der Waals surface area contributed by atoms with Crippen molar-refractivity contribution in [2.24, 2.45) is 0 Å². The molecule has 1 aliphatic carbocycles. The maximum atomic E-state index is 13.3. The van der Waals surface area contributed by atoms with Gasteiger partial charge < -0.3 is 19.7 Å². The first kappa shape index (κ1) is 20.5. The lowest BCUT2D eigenvalue weighted by atomic mass is 9.89. The van der Waals surface area contributed by atoms with Gasteiger partial charge in [-0.15, -0.1) is 0 Å². The molecule has 0 fully saturated rings. The average Bonchev–Trinajstić information content (AvgIpc) is 3.24. The third-order valence-corrected chi connectivity index (χ3v) is 5.86. The molecule has 5 nitrogen and oxygen atoms in total. The summed E-state index contributed by atoms with van der Waals surface area (Å²) < 4.78 is 51.6. The fourth-order valence-corrected chi connectivity index (χ4v) is 4.22. The summed E-state index contributed by atoms with van der Waals surface area (Å²) in [7, 11) is 0. The molecule has 0 saturated carbocycles. The van der Waals surface area contributed by atoms with Crippen LogP contribution in [0.2, 0.25) is 0 Å². The quantitative estimate of drug-likeness (QED) is 0.744. The minimum Gasteiger partial charge on any atom is -0.492 e. The molecular formula is C22H21F3O5. The van der Waals surface area contributed by atoms with Crippen molar-refractivity contribution >= 4 is 5.97 Å². The Morgan fingerprint density at radius 1 is 1.23 bits per heavy atom. The fraction of sp³-hybridized carbons (Fsp3) is 0.409. The van der Waals surface area contributed by atoms with Crippen LogP contribution in [-0.4, -0.2) is 29.0 Å². The molecule has 0 bridgehead atoms. The number of aliphatic hydroxyl groups is 1. The van der Waals surface area contributed by atoms with Gasteiger partial charge in [0.15, 0.2) is 5.60 Å². The summed E-state index contributed by atoms with van der Waals surface area (Å²) >= 11 is 0. The summed E-state index contributed by atoms with van der Waals surface area (Å²) in [5.41, 5.74) is -1.19. The second-order valence-electron chi connectivity index (χ2n) is 7.89. The van der Waals surface area contributed by atoms with E-state index in [1.807, 2.05) is 0 Å². The van der Waals surface area contributed by atoms with Crippen molar-refractivity contribution in [2.45, 2.75) is 50.0 Å². The maximum Gasteiger partial charge on any atom is 0.421 e. The Balaban J connectivity index is 1.57. The molecule has 30 heavy (non-hydrogen) atoms. The van der Waals surface area contributed by atoms with Crippen molar-refractivity contribution in [3.63, 3.8) is 0 Å². The Kier molecular flexibility index (Phi) is 4.92. The number of carbonyl (C=O) groups is 1. The molecule has 1 unspecified atom stereocenters. The molecule has 0 spiro atoms. The van der Waals surface area contributed by atoms with Gasteiger partial charge in [0.25, 0.3) is 0 Å². The van der Waals surface area contributed by atoms with E-state index >= 15 is 0 Å². The highest BCUT2D eigenvalue weighted by Gasteiger charge is 2.52. The first-order valence-electron chi connectivity index (χ1n) is 9.64. The van der Waals surface area contributed by atoms with E-state index in [0.717, 1.165) is 12.5 Å². The minimum atomic E-state index is -4.79. The minimum absolute atomic E-state index is 0.0227. The lowest BCUT2D eigenvalue weighted by Crippen LogP contribution is -2.40. The van der Waals surface area contributed by atoms with Gasteiger partial charge in [0.05, 0.1) is 13.0 Å². The van der Waals surface area contributed by atoms with E-state index in [1.165, 1.54) is 12.1 Å². The van der Waals surface area contributed by atoms with Gasteiger partial charge in [0.1, 0.15) is 17.6 Å². The third-order valence-electron chi connectivity index (χ3n) is 5.86. The second kappa shape index (κ2) is 7.19. The van der Waals surface area contributed by atoms with Gasteiger partial charge in [-0.25, -0.2) is 0 Å². The highest BCUT2D eigenvalue weighted by molar-refractivity contribution is 5.68. The normalized spacial score (nSPS) is 22.0. The predicted molar refractivity (Wildman–Crippen MR) is 101 cm³/mol. The number of carboxylic acids is 1. The van der Waals surface area contributed by atoms with Crippen molar-refractivity contribution in [3.8, 4) is 11.5 Å². The van der Waals surface area contributed by atoms with Crippen LogP contribution in [0.4, 0.5) is 13.2 Å². The van der Waals surface area contributed by atoms with Gasteiger partial charge >= 0.3 is 12.1 Å². The lowest BCUT2D eigenvalue weighted by molar-refractivity contribution is -0.259. The molecule has 3 atom stereocenters. The number of carboxylic acid groups (broad SMARTS) is 1. The number of hydrogen-bond acceptors (Lipinski definition) is 4. The number of fused-ring (bicyclic) bond motifs is 2. The topological polar surface area (TPSA) is 76.0 Å². The van der Waals surface area contributed by atoms with E-state index < -0.39 is 23.9 Å². The Labute approximate surface area is 171 Å². The number of benzene rings is 2. The third kappa shape index (κ3) is 3.49. The van der Waals surface area contributed by atoms with Crippen molar-refractivity contribution in [3.05, 3.63) is 58.7 Å². The molecule has 0 amide bonds. The summed E-state index contributed by atoms with van der Waals surface area (Å²) in [4.78, 5) is 11.0. The highest BCUT2D eigenvalue weighted by Crippen LogP contribution is 2.46. The zero-order valence-corrected chi connectivity index (χ0v) is 16.2. The van der Waals surface area contributed by atoms with Crippen molar-refractivity contribution < 1.29 is 37.7 Å². The van der Waals surface area contributed by atoms with E-state index in [-0.39, 0.29) is 24.5 Å². The van der Waals surface area contributed by atoms with E-state index in [0.29, 0.717) is 35.5 Å². The zero-order valence-electron chi connectivity index (χ0n) is 16.2. The Morgan fingerprint density at radius 3 is 2.70 bits per heavy atom. The number of alkyl halides is 3. The van der Waals surface area contributed by atoms with Gasteiger partial charge in [0, 0.05) is 17.5 Å². The standard InChI is InChI=1S/C22H21F3O5/c1-21(28,22(23,24)25)17-4-2-3-16-15(17)7-8-18(16)30-13-5-6-14-12(9-20(26)27)11-29-19(14)10-13/h2-6,10,12,18,28H,7-9,11H2,1H3,(H,26,27)/t12-,18-,21?/m1/s1. The van der Waals surface area contributed by atoms with Crippen LogP contribution >= 0.6 is 0 Å². The second-order valence-corrected chi connectivity index (χ2v) is 7.89. The van der Waals surface area contributed by atoms with Crippen molar-refractivity contribution in [2.75, 3.05) is 6.61 Å². The lowest BCUT2D eigenvalue weighted by Gasteiger charge is -2.29. The van der Waals surface area contributed by atoms with E-state index in [1.54, 1.807) is 24.3 Å². The largest absolute Gasteiger partial charge is 0.492 e. The summed E-state index contributed by atoms with van der Waals surface area (Å²) in [5, 5.41) is 19.1. The molecule has 2 aromatic rings. The van der Waals surface area contributed by atoms with Crippen LogP contribution in [0, 0.1) is 0 Å². The molecule has 4 rings (SSSR count). The van der Waals surface area contributed by atoms with Gasteiger partial charge in [0.2, 0.25) is 0 Å². The van der Waals surface area contributed by atoms with Crippen LogP contribution in [0.1, 0.15) is 54.0 Å². The number of aliphatic carboxylic acids is 1. The van der Waals surface area contributed by atoms with Gasteiger partial charge in [-0.05, 0) is 42.5 Å². The Morgan fingerprint density at radius 2 is 2.00 bits per heavy atom. The molecular weight excluding hydrogens is 401 g/mol. The molecule has 1 aliphatic heterocycles. The molecule has 2 N–H and O–H groups in total. The van der Waals surface area contributed by atoms with Gasteiger partial charge in [-0.2, -0.15) is 13.2 Å². The Hall–Kier alpha value is -2.74. The summed E-state index contributed by atoms with van der Waals surface area (Å²) in [6, 6.07) is 9.70. The first-order valence-corrected chi connectivity index (χ1v) is 9.64. The van der Waals surface area contributed by atoms with Gasteiger partial charge in [-0.1, -0.05) is 24.3 Å². The molecule has 160 valence electrons. The highest BCUT2D eigenvalue weighted by atomic mass is 19.4. The predicted octanol–water partition coefficient (Wildman–Crippen LogP) is 4.47. The van der Waals surface area contributed by atoms with Crippen LogP contribution in [0.15, 0.2) is 36.4 Å². The van der Waals surface area contributed by atoms with Crippen molar-refractivity contribution in [1.29, 1.82) is 0 Å². The number of hydrogen-bond donors (Lipinski definition) is 2. The number of halogens is 3. The molecule has 0 aromatic heterocycles. The Bertz CT molecular complexity index is 983. The molecule has 0 saturated heterocycles. The number of ether oxygens (including phenoxy) is 2. The van der Waals surface area contributed by atoms with E-state index in [2.05, 4.69) is 0 Å². The smallest absolute Gasteiger partial charge is 0.421 e. The van der Waals surface area contributed by atoms with E-state index in [4.69, 9.17) is 14.6 Å². The summed E-state index contributed by atoms with van der Waals surface area (Å²) in [5.74, 6) is -0.0583. The molecule has 0 radical (unpaired) electrons. The SMILES string of the molecule is CC(O)(c1cccc2c1CC[C@H]2Oc1ccc2c(c1)OC[C@H]2CC(=O)O)C(F)(F)F. The molecule has 2 aliphatic rings. The average molecular weight is 422 g/mol. The molecule has 1 heterocycles. The zero-order chi connectivity index (χ0) is 21.7. The van der Waals surface area contributed by atoms with Crippen LogP contribution in [0.25, 0.3) is 0 Å². The molecule has 2 aromatic carbocycles. The summed E-state index contributed by atoms with van der Waals surface area (Å²) in [6.07, 6.45) is -4.40. The maximum absolute atomic E-state index is 13.3. The van der Waals surface area contributed by atoms with Crippen LogP contribution < -0.4 is 9.47 Å². The van der Waals surface area contributed by atoms with Crippen LogP contribution in [0.3, 0.4) is 0 Å². The molecule has 8 heteroatoms.